The van der Waals surface area contributed by atoms with Gasteiger partial charge in [-0.1, -0.05) is 157 Å². The van der Waals surface area contributed by atoms with Crippen molar-refractivity contribution in [3.05, 3.63) is 85.1 Å². The van der Waals surface area contributed by atoms with Gasteiger partial charge in [0.2, 0.25) is 5.91 Å². The van der Waals surface area contributed by atoms with Crippen LogP contribution in [0.5, 0.6) is 0 Å². The lowest BCUT2D eigenvalue weighted by Gasteiger charge is -2.29. The summed E-state index contributed by atoms with van der Waals surface area (Å²) >= 11 is 0. The molecule has 0 aromatic carbocycles. The topological polar surface area (TPSA) is 128 Å². The highest BCUT2D eigenvalue weighted by Crippen LogP contribution is 2.38. The van der Waals surface area contributed by atoms with E-state index in [0.29, 0.717) is 23.9 Å². The summed E-state index contributed by atoms with van der Waals surface area (Å²) in [5.41, 5.74) is 0. The van der Waals surface area contributed by atoms with E-state index in [1.807, 2.05) is 69.8 Å². The van der Waals surface area contributed by atoms with E-state index in [-0.39, 0.29) is 18.9 Å². The fourth-order valence-corrected chi connectivity index (χ4v) is 5.86. The molecule has 310 valence electrons. The Hall–Kier alpha value is -2.36. The van der Waals surface area contributed by atoms with Gasteiger partial charge in [-0.15, -0.1) is 0 Å². The van der Waals surface area contributed by atoms with E-state index in [0.717, 1.165) is 44.9 Å². The Morgan fingerprint density at radius 1 is 0.722 bits per heavy atom. The zero-order chi connectivity index (χ0) is 40.2. The lowest BCUT2D eigenvalue weighted by atomic mass is 10.1. The van der Waals surface area contributed by atoms with Crippen LogP contribution in [-0.2, 0) is 18.4 Å². The molecule has 0 saturated carbocycles. The monoisotopic (exact) mass is 777 g/mol. The molecule has 0 aliphatic heterocycles. The zero-order valence-corrected chi connectivity index (χ0v) is 35.4. The Morgan fingerprint density at radius 2 is 1.31 bits per heavy atom. The fourth-order valence-electron chi connectivity index (χ4n) is 5.14. The van der Waals surface area contributed by atoms with Crippen molar-refractivity contribution in [2.75, 3.05) is 40.9 Å². The predicted molar refractivity (Wildman–Crippen MR) is 225 cm³/mol. The van der Waals surface area contributed by atoms with Crippen molar-refractivity contribution in [2.45, 2.75) is 148 Å². The summed E-state index contributed by atoms with van der Waals surface area (Å²) in [7, 11) is 1.16. The number of phosphoric acid groups is 1. The van der Waals surface area contributed by atoms with Crippen molar-refractivity contribution in [3.8, 4) is 0 Å². The molecule has 54 heavy (non-hydrogen) atoms. The van der Waals surface area contributed by atoms with Gasteiger partial charge < -0.3 is 34.0 Å². The summed E-state index contributed by atoms with van der Waals surface area (Å²) in [6.45, 7) is 4.36. The number of rotatable bonds is 35. The highest BCUT2D eigenvalue weighted by molar-refractivity contribution is 7.45. The number of unbranched alkanes of at least 4 members (excludes halogenated alkanes) is 10. The number of nitrogens with zero attached hydrogens (tertiary/aromatic N) is 1. The van der Waals surface area contributed by atoms with Gasteiger partial charge in [-0.05, 0) is 51.4 Å². The lowest BCUT2D eigenvalue weighted by molar-refractivity contribution is -0.870. The maximum atomic E-state index is 12.8. The molecule has 0 heterocycles. The van der Waals surface area contributed by atoms with Gasteiger partial charge in [-0.2, -0.15) is 0 Å². The highest BCUT2D eigenvalue weighted by Gasteiger charge is 2.23. The minimum Gasteiger partial charge on any atom is -0.756 e. The van der Waals surface area contributed by atoms with Crippen LogP contribution >= 0.6 is 7.82 Å². The number of amides is 1. The molecule has 0 aliphatic rings. The van der Waals surface area contributed by atoms with Crippen molar-refractivity contribution in [1.29, 1.82) is 0 Å². The van der Waals surface area contributed by atoms with Gasteiger partial charge in [0.1, 0.15) is 13.2 Å². The normalized spacial score (nSPS) is 15.9. The van der Waals surface area contributed by atoms with Crippen molar-refractivity contribution < 1.29 is 38.0 Å². The second-order valence-corrected chi connectivity index (χ2v) is 16.2. The Balaban J connectivity index is 4.69. The van der Waals surface area contributed by atoms with Gasteiger partial charge in [0.25, 0.3) is 7.82 Å². The van der Waals surface area contributed by atoms with Crippen molar-refractivity contribution >= 4 is 13.7 Å². The van der Waals surface area contributed by atoms with Crippen LogP contribution in [0.25, 0.3) is 0 Å². The van der Waals surface area contributed by atoms with Crippen LogP contribution in [0.4, 0.5) is 0 Å². The number of allylic oxidation sites excluding steroid dienone is 11. The average molecular weight is 777 g/mol. The zero-order valence-electron chi connectivity index (χ0n) is 34.5. The van der Waals surface area contributed by atoms with E-state index in [9.17, 15) is 24.5 Å². The molecule has 9 nitrogen and oxygen atoms in total. The van der Waals surface area contributed by atoms with Gasteiger partial charge >= 0.3 is 0 Å². The third-order valence-electron chi connectivity index (χ3n) is 8.45. The van der Waals surface area contributed by atoms with Crippen molar-refractivity contribution in [1.82, 2.24) is 5.32 Å². The van der Waals surface area contributed by atoms with Crippen LogP contribution in [0, 0.1) is 0 Å². The number of aliphatic hydroxyl groups excluding tert-OH is 2. The molecule has 4 atom stereocenters. The molecule has 0 rings (SSSR count). The predicted octanol–water partition coefficient (Wildman–Crippen LogP) is 9.36. The summed E-state index contributed by atoms with van der Waals surface area (Å²) in [6, 6.07) is -0.946. The lowest BCUT2D eigenvalue weighted by Crippen LogP contribution is -2.45. The molecule has 0 bridgehead atoms. The SMILES string of the molecule is CC/C=C\C/C=C\CC(O)/C=C/C=C\C/C=C\C/C=C\CCC(=O)N[C@@H](COP(=O)([O-])OCC[N+](C)(C)C)[C@H](O)/C=C/CCCCCCCCCCCC. The van der Waals surface area contributed by atoms with Crippen LogP contribution in [-0.4, -0.2) is 79.8 Å². The molecule has 0 fully saturated rings. The summed E-state index contributed by atoms with van der Waals surface area (Å²) in [5, 5.41) is 23.6. The van der Waals surface area contributed by atoms with E-state index in [2.05, 4.69) is 43.5 Å². The highest BCUT2D eigenvalue weighted by atomic mass is 31.2. The fraction of sp³-hybridized carbons (Fsp3) is 0.659. The second-order valence-electron chi connectivity index (χ2n) is 14.8. The molecule has 1 amide bonds. The minimum atomic E-state index is -4.62. The number of nitrogens with one attached hydrogen (secondary N) is 1. The standard InChI is InChI=1S/C44H77N2O7P/c1-6-8-10-12-14-15-16-17-21-24-28-32-36-43(48)42(40-53-54(50,51)52-39-38-46(3,4)5)45-44(49)37-33-29-25-22-19-18-20-23-27-31-35-41(47)34-30-26-13-11-9-7-2/h9,11,18-19,23,25-27,29-32,35-36,41-43,47-48H,6-8,10,12-17,20-22,24,28,33-34,37-40H2,1-5H3,(H-,45,49,50,51)/b11-9-,19-18-,27-23-,29-25-,30-26-,35-31+,36-32+/t41?,42-,43+/m0/s1. The summed E-state index contributed by atoms with van der Waals surface area (Å²) in [4.78, 5) is 25.2. The van der Waals surface area contributed by atoms with Gasteiger partial charge in [0.15, 0.2) is 0 Å². The van der Waals surface area contributed by atoms with Gasteiger partial charge in [0, 0.05) is 6.42 Å². The first-order chi connectivity index (χ1) is 25.9. The molecule has 3 N–H and O–H groups in total. The van der Waals surface area contributed by atoms with E-state index in [1.165, 1.54) is 51.4 Å². The van der Waals surface area contributed by atoms with Crippen LogP contribution in [0.2, 0.25) is 0 Å². The molecule has 0 aliphatic carbocycles. The first-order valence-electron chi connectivity index (χ1n) is 20.6. The van der Waals surface area contributed by atoms with E-state index in [4.69, 9.17) is 9.05 Å². The van der Waals surface area contributed by atoms with Gasteiger partial charge in [0.05, 0.1) is 46.0 Å². The molecular formula is C44H77N2O7P. The number of carbonyl (C=O) groups is 1. The van der Waals surface area contributed by atoms with Crippen LogP contribution in [0.1, 0.15) is 129 Å². The molecule has 0 radical (unpaired) electrons. The van der Waals surface area contributed by atoms with Crippen molar-refractivity contribution in [3.63, 3.8) is 0 Å². The summed E-state index contributed by atoms with van der Waals surface area (Å²) in [5.74, 6) is -0.305. The Bertz CT molecular complexity index is 1170. The number of carbonyl (C=O) groups excluding carboxylic acids is 1. The number of likely N-dealkylation sites (N-methyl/N-ethyl adjacent to an activating group) is 1. The van der Waals surface area contributed by atoms with Crippen molar-refractivity contribution in [2.24, 2.45) is 0 Å². The van der Waals surface area contributed by atoms with Crippen LogP contribution in [0.3, 0.4) is 0 Å². The number of aliphatic hydroxyl groups is 2. The summed E-state index contributed by atoms with van der Waals surface area (Å²) in [6.07, 6.45) is 43.8. The molecule has 0 aromatic heterocycles. The maximum absolute atomic E-state index is 12.8. The van der Waals surface area contributed by atoms with Crippen LogP contribution in [0.15, 0.2) is 85.1 Å². The number of hydrogen-bond donors (Lipinski definition) is 3. The van der Waals surface area contributed by atoms with E-state index < -0.39 is 32.7 Å². The third kappa shape index (κ3) is 36.6. The Labute approximate surface area is 329 Å². The van der Waals surface area contributed by atoms with Crippen LogP contribution < -0.4 is 10.2 Å². The largest absolute Gasteiger partial charge is 0.756 e. The van der Waals surface area contributed by atoms with Gasteiger partial charge in [-0.25, -0.2) is 0 Å². The quantitative estimate of drug-likeness (QED) is 0.0192. The average Bonchev–Trinajstić information content (AvgIpc) is 3.11. The first kappa shape index (κ1) is 51.6. The first-order valence-corrected chi connectivity index (χ1v) is 22.0. The number of phosphoric ester groups is 1. The molecular weight excluding hydrogens is 699 g/mol. The molecule has 0 aromatic rings. The Kier molecular flexibility index (Phi) is 33.5. The number of hydrogen-bond acceptors (Lipinski definition) is 7. The van der Waals surface area contributed by atoms with E-state index >= 15 is 0 Å². The number of quaternary nitrogens is 1. The van der Waals surface area contributed by atoms with Gasteiger partial charge in [-0.3, -0.25) is 9.36 Å². The third-order valence-corrected chi connectivity index (χ3v) is 9.42. The smallest absolute Gasteiger partial charge is 0.268 e. The second kappa shape index (κ2) is 35.1. The maximum Gasteiger partial charge on any atom is 0.268 e. The molecule has 2 unspecified atom stereocenters. The Morgan fingerprint density at radius 3 is 1.96 bits per heavy atom. The summed E-state index contributed by atoms with van der Waals surface area (Å²) < 4.78 is 23.1. The molecule has 10 heteroatoms. The molecule has 0 spiro atoms. The molecule has 0 saturated heterocycles. The van der Waals surface area contributed by atoms with E-state index in [1.54, 1.807) is 12.2 Å². The minimum absolute atomic E-state index is 0.0284.